The van der Waals surface area contributed by atoms with Gasteiger partial charge in [-0.2, -0.15) is 10.1 Å². The van der Waals surface area contributed by atoms with E-state index in [1.807, 2.05) is 24.3 Å². The Morgan fingerprint density at radius 1 is 1.11 bits per heavy atom. The van der Waals surface area contributed by atoms with Crippen molar-refractivity contribution < 1.29 is 23.1 Å². The fourth-order valence-electron chi connectivity index (χ4n) is 4.24. The maximum atomic E-state index is 13.8. The van der Waals surface area contributed by atoms with Crippen LogP contribution in [0.5, 0.6) is 5.75 Å². The van der Waals surface area contributed by atoms with Gasteiger partial charge in [0.1, 0.15) is 22.6 Å². The number of hydrogen-bond acceptors (Lipinski definition) is 6. The largest absolute Gasteiger partial charge is 0.497 e. The van der Waals surface area contributed by atoms with Gasteiger partial charge >= 0.3 is 0 Å². The van der Waals surface area contributed by atoms with Gasteiger partial charge in [-0.3, -0.25) is 9.59 Å². The van der Waals surface area contributed by atoms with Gasteiger partial charge in [0.25, 0.3) is 5.91 Å². The molecule has 0 saturated heterocycles. The number of amides is 2. The molecule has 0 aromatic heterocycles. The summed E-state index contributed by atoms with van der Waals surface area (Å²) in [5.74, 6) is -0.909. The van der Waals surface area contributed by atoms with E-state index in [-0.39, 0.29) is 18.3 Å². The van der Waals surface area contributed by atoms with Crippen LogP contribution in [0.4, 0.5) is 14.5 Å². The van der Waals surface area contributed by atoms with E-state index in [9.17, 15) is 18.4 Å². The zero-order chi connectivity index (χ0) is 26.8. The second-order valence-electron chi connectivity index (χ2n) is 8.95. The Bertz CT molecular complexity index is 1440. The minimum atomic E-state index is -0.734. The van der Waals surface area contributed by atoms with E-state index in [2.05, 4.69) is 10.3 Å². The lowest BCUT2D eigenvalue weighted by atomic mass is 9.98. The lowest BCUT2D eigenvalue weighted by molar-refractivity contribution is -0.121. The van der Waals surface area contributed by atoms with Crippen molar-refractivity contribution in [3.8, 4) is 5.75 Å². The number of hydrogen-bond donors (Lipinski definition) is 1. The zero-order valence-corrected chi connectivity index (χ0v) is 21.5. The quantitative estimate of drug-likeness (QED) is 0.454. The van der Waals surface area contributed by atoms with Gasteiger partial charge in [0.05, 0.1) is 18.9 Å². The van der Waals surface area contributed by atoms with Gasteiger partial charge in [0, 0.05) is 18.5 Å². The first kappa shape index (κ1) is 25.6. The van der Waals surface area contributed by atoms with Crippen LogP contribution in [-0.4, -0.2) is 40.1 Å². The fourth-order valence-corrected chi connectivity index (χ4v) is 5.31. The van der Waals surface area contributed by atoms with E-state index >= 15 is 0 Å². The molecular weight excluding hydrogens is 510 g/mol. The van der Waals surface area contributed by atoms with Gasteiger partial charge in [-0.1, -0.05) is 42.1 Å². The van der Waals surface area contributed by atoms with Crippen molar-refractivity contribution in [2.24, 2.45) is 10.1 Å². The number of amidine groups is 1. The standard InChI is InChI=1S/C28H24F2N4O3S/c1-16-3-10-20(13-22(16)30)31-26(35)15-25-27(36)32-28(38-25)34-24(18-6-11-21(37-2)12-7-18)14-23(33-34)17-4-8-19(29)9-5-17/h3-13,24-25H,14-15H2,1-2H3,(H,31,35)/t24-,25+/m1/s1. The van der Waals surface area contributed by atoms with Gasteiger partial charge in [0.2, 0.25) is 5.91 Å². The number of anilines is 1. The highest BCUT2D eigenvalue weighted by Gasteiger charge is 2.39. The Labute approximate surface area is 222 Å². The number of halogens is 2. The second-order valence-corrected chi connectivity index (χ2v) is 10.1. The Morgan fingerprint density at radius 2 is 1.84 bits per heavy atom. The van der Waals surface area contributed by atoms with E-state index in [1.165, 1.54) is 30.0 Å². The molecule has 194 valence electrons. The van der Waals surface area contributed by atoms with Gasteiger partial charge in [-0.15, -0.1) is 0 Å². The summed E-state index contributed by atoms with van der Waals surface area (Å²) < 4.78 is 32.6. The number of aryl methyl sites for hydroxylation is 1. The molecule has 0 radical (unpaired) electrons. The molecule has 0 unspecified atom stereocenters. The summed E-state index contributed by atoms with van der Waals surface area (Å²) in [6.07, 6.45) is 0.386. The topological polar surface area (TPSA) is 83.4 Å². The van der Waals surface area contributed by atoms with E-state index in [1.54, 1.807) is 43.3 Å². The minimum absolute atomic E-state index is 0.123. The van der Waals surface area contributed by atoms with Crippen LogP contribution < -0.4 is 10.1 Å². The van der Waals surface area contributed by atoms with E-state index in [0.29, 0.717) is 28.6 Å². The number of carbonyl (C=O) groups excluding carboxylic acids is 2. The Kier molecular flexibility index (Phi) is 7.24. The van der Waals surface area contributed by atoms with E-state index in [4.69, 9.17) is 9.84 Å². The van der Waals surface area contributed by atoms with Crippen molar-refractivity contribution in [2.45, 2.75) is 31.1 Å². The molecule has 0 spiro atoms. The van der Waals surface area contributed by atoms with Crippen LogP contribution in [0.15, 0.2) is 76.8 Å². The molecule has 10 heteroatoms. The van der Waals surface area contributed by atoms with Gasteiger partial charge in [0.15, 0.2) is 5.17 Å². The van der Waals surface area contributed by atoms with Crippen LogP contribution in [0.2, 0.25) is 0 Å². The number of hydrazone groups is 1. The lowest BCUT2D eigenvalue weighted by Crippen LogP contribution is -2.25. The average Bonchev–Trinajstić information content (AvgIpc) is 3.50. The first-order valence-electron chi connectivity index (χ1n) is 11.9. The molecule has 2 atom stereocenters. The number of ether oxygens (including phenoxy) is 1. The summed E-state index contributed by atoms with van der Waals surface area (Å²) in [5, 5.41) is 8.73. The molecule has 3 aromatic carbocycles. The van der Waals surface area contributed by atoms with E-state index in [0.717, 1.165) is 16.8 Å². The Hall–Kier alpha value is -4.05. The van der Waals surface area contributed by atoms with Crippen molar-refractivity contribution in [2.75, 3.05) is 12.4 Å². The molecule has 0 fully saturated rings. The number of nitrogens with zero attached hydrogens (tertiary/aromatic N) is 3. The molecule has 0 bridgehead atoms. The Morgan fingerprint density at radius 3 is 2.53 bits per heavy atom. The van der Waals surface area contributed by atoms with E-state index < -0.39 is 22.9 Å². The summed E-state index contributed by atoms with van der Waals surface area (Å²) in [6, 6.07) is 17.8. The molecule has 2 aliphatic heterocycles. The Balaban J connectivity index is 1.34. The van der Waals surface area contributed by atoms with Gasteiger partial charge in [-0.05, 0) is 60.0 Å². The molecule has 0 saturated carbocycles. The van der Waals surface area contributed by atoms with Crippen LogP contribution in [0.1, 0.15) is 35.6 Å². The minimum Gasteiger partial charge on any atom is -0.497 e. The van der Waals surface area contributed by atoms with Crippen molar-refractivity contribution in [1.29, 1.82) is 0 Å². The molecule has 2 heterocycles. The van der Waals surface area contributed by atoms with Crippen LogP contribution in [0, 0.1) is 18.6 Å². The number of rotatable bonds is 6. The average molecular weight is 535 g/mol. The van der Waals surface area contributed by atoms with Crippen LogP contribution >= 0.6 is 11.8 Å². The highest BCUT2D eigenvalue weighted by molar-refractivity contribution is 8.15. The normalized spacial score (nSPS) is 18.8. The predicted molar refractivity (Wildman–Crippen MR) is 143 cm³/mol. The van der Waals surface area contributed by atoms with Crippen LogP contribution in [-0.2, 0) is 9.59 Å². The monoisotopic (exact) mass is 534 g/mol. The zero-order valence-electron chi connectivity index (χ0n) is 20.7. The maximum Gasteiger partial charge on any atom is 0.262 e. The highest BCUT2D eigenvalue weighted by atomic mass is 32.2. The van der Waals surface area contributed by atoms with Gasteiger partial charge < -0.3 is 10.1 Å². The molecule has 2 amide bonds. The molecule has 2 aliphatic rings. The third kappa shape index (κ3) is 5.45. The van der Waals surface area contributed by atoms with Crippen LogP contribution in [0.25, 0.3) is 0 Å². The summed E-state index contributed by atoms with van der Waals surface area (Å²) in [4.78, 5) is 29.6. The van der Waals surface area contributed by atoms with Crippen LogP contribution in [0.3, 0.4) is 0 Å². The highest BCUT2D eigenvalue weighted by Crippen LogP contribution is 2.39. The summed E-state index contributed by atoms with van der Waals surface area (Å²) in [6.45, 7) is 1.63. The maximum absolute atomic E-state index is 13.8. The second kappa shape index (κ2) is 10.7. The first-order valence-corrected chi connectivity index (χ1v) is 12.8. The van der Waals surface area contributed by atoms with Crippen molar-refractivity contribution >= 4 is 40.1 Å². The predicted octanol–water partition coefficient (Wildman–Crippen LogP) is 5.46. The molecule has 5 rings (SSSR count). The summed E-state index contributed by atoms with van der Waals surface area (Å²) in [7, 11) is 1.59. The number of methoxy groups -OCH3 is 1. The number of thioether (sulfide) groups is 1. The molecule has 0 aliphatic carbocycles. The van der Waals surface area contributed by atoms with Crippen molar-refractivity contribution in [3.63, 3.8) is 0 Å². The summed E-state index contributed by atoms with van der Waals surface area (Å²) >= 11 is 1.17. The molecular formula is C28H24F2N4O3S. The third-order valence-electron chi connectivity index (χ3n) is 6.34. The molecule has 1 N–H and O–H groups in total. The number of aliphatic imine (C=N–C) groups is 1. The van der Waals surface area contributed by atoms with Crippen molar-refractivity contribution in [1.82, 2.24) is 5.01 Å². The van der Waals surface area contributed by atoms with Crippen molar-refractivity contribution in [3.05, 3.63) is 95.1 Å². The molecule has 7 nitrogen and oxygen atoms in total. The number of benzene rings is 3. The third-order valence-corrected chi connectivity index (χ3v) is 7.48. The van der Waals surface area contributed by atoms with Gasteiger partial charge in [-0.25, -0.2) is 13.8 Å². The molecule has 38 heavy (non-hydrogen) atoms. The lowest BCUT2D eigenvalue weighted by Gasteiger charge is -2.23. The SMILES string of the molecule is COc1ccc([C@H]2CC(c3ccc(F)cc3)=NN2C2=NC(=O)[C@H](CC(=O)Nc3ccc(C)c(F)c3)S2)cc1. The summed E-state index contributed by atoms with van der Waals surface area (Å²) in [5.41, 5.74) is 3.22. The number of nitrogens with one attached hydrogen (secondary N) is 1. The molecule has 3 aromatic rings. The number of carbonyl (C=O) groups is 2. The first-order chi connectivity index (χ1) is 18.3. The fraction of sp³-hybridized carbons (Fsp3) is 0.214. The smallest absolute Gasteiger partial charge is 0.262 e.